The molecular weight excluding hydrogens is 689 g/mol. The van der Waals surface area contributed by atoms with E-state index < -0.39 is 11.9 Å². The van der Waals surface area contributed by atoms with Crippen LogP contribution in [0.25, 0.3) is 10.8 Å². The fourth-order valence-electron chi connectivity index (χ4n) is 6.62. The minimum atomic E-state index is -0.574. The van der Waals surface area contributed by atoms with Crippen LogP contribution in [0.15, 0.2) is 48.5 Å². The molecule has 2 fully saturated rings. The Morgan fingerprint density at radius 1 is 1.02 bits per heavy atom. The second kappa shape index (κ2) is 20.7. The second-order valence-corrected chi connectivity index (χ2v) is 12.8. The van der Waals surface area contributed by atoms with Crippen LogP contribution in [0, 0.1) is 11.3 Å². The Morgan fingerprint density at radius 2 is 1.73 bits per heavy atom. The van der Waals surface area contributed by atoms with Crippen LogP contribution in [0.3, 0.4) is 0 Å². The molecule has 0 aromatic heterocycles. The Bertz CT molecular complexity index is 1670. The lowest BCUT2D eigenvalue weighted by Crippen LogP contribution is -2.54. The SMILES string of the molecule is CC.CC.COC(=O)CN(C[C@@H](CCN1CCC(N2CCCNC2=O)CC1)c1ccc(Cl)c(Cl)c1)C(=O)c1c(OC)c(C#N)cc2ccccc12. The molecule has 10 nitrogen and oxygen atoms in total. The van der Waals surface area contributed by atoms with E-state index in [1.54, 1.807) is 18.2 Å². The van der Waals surface area contributed by atoms with Crippen LogP contribution < -0.4 is 10.1 Å². The summed E-state index contributed by atoms with van der Waals surface area (Å²) in [6, 6.07) is 16.8. The van der Waals surface area contributed by atoms with Crippen molar-refractivity contribution in [1.82, 2.24) is 20.0 Å². The van der Waals surface area contributed by atoms with Crippen molar-refractivity contribution < 1.29 is 23.9 Å². The molecular formula is C39H51Cl2N5O5. The van der Waals surface area contributed by atoms with E-state index in [4.69, 9.17) is 32.7 Å². The van der Waals surface area contributed by atoms with Gasteiger partial charge in [0.15, 0.2) is 0 Å². The summed E-state index contributed by atoms with van der Waals surface area (Å²) in [5.41, 5.74) is 1.31. The molecule has 0 unspecified atom stereocenters. The van der Waals surface area contributed by atoms with Crippen molar-refractivity contribution in [2.75, 3.05) is 60.0 Å². The third-order valence-corrected chi connectivity index (χ3v) is 9.87. The molecule has 0 aliphatic carbocycles. The number of urea groups is 1. The highest BCUT2D eigenvalue weighted by Crippen LogP contribution is 2.35. The number of nitrogens with zero attached hydrogens (tertiary/aromatic N) is 4. The highest BCUT2D eigenvalue weighted by molar-refractivity contribution is 6.42. The summed E-state index contributed by atoms with van der Waals surface area (Å²) >= 11 is 12.7. The molecule has 51 heavy (non-hydrogen) atoms. The lowest BCUT2D eigenvalue weighted by Gasteiger charge is -2.40. The van der Waals surface area contributed by atoms with E-state index in [0.29, 0.717) is 27.2 Å². The molecule has 5 rings (SSSR count). The lowest BCUT2D eigenvalue weighted by atomic mass is 9.93. The van der Waals surface area contributed by atoms with Crippen LogP contribution >= 0.6 is 23.2 Å². The zero-order valence-electron chi connectivity index (χ0n) is 30.6. The number of methoxy groups -OCH3 is 2. The number of benzene rings is 3. The van der Waals surface area contributed by atoms with Gasteiger partial charge in [0.05, 0.1) is 35.4 Å². The average molecular weight is 741 g/mol. The summed E-state index contributed by atoms with van der Waals surface area (Å²) in [7, 11) is 2.70. The minimum absolute atomic E-state index is 0.0226. The standard InChI is InChI=1S/C35H39Cl2N5O5.2C2H6/c1-46-31(43)22-41(34(44)32-28-7-4-3-6-24(28)18-26(20-38)33(32)47-2)21-25(23-8-9-29(36)30(37)19-23)10-15-40-16-11-27(12-17-40)42-14-5-13-39-35(42)45;2*1-2/h3-4,6-9,18-19,25,27H,5,10-17,21-22H2,1-2H3,(H,39,45);2*1-2H3/t25-;;/m1../s1. The molecule has 1 atom stereocenters. The van der Waals surface area contributed by atoms with Gasteiger partial charge in [-0.3, -0.25) is 9.59 Å². The number of hydrogen-bond donors (Lipinski definition) is 1. The molecule has 2 aliphatic rings. The number of carbonyl (C=O) groups excluding carboxylic acids is 3. The van der Waals surface area contributed by atoms with Crippen LogP contribution in [-0.4, -0.2) is 98.7 Å². The van der Waals surface area contributed by atoms with Crippen molar-refractivity contribution in [3.05, 3.63) is 75.3 Å². The van der Waals surface area contributed by atoms with Crippen molar-refractivity contribution in [2.45, 2.75) is 65.3 Å². The average Bonchev–Trinajstić information content (AvgIpc) is 3.17. The smallest absolute Gasteiger partial charge is 0.325 e. The van der Waals surface area contributed by atoms with Gasteiger partial charge in [0.1, 0.15) is 18.4 Å². The number of piperidine rings is 1. The fourth-order valence-corrected chi connectivity index (χ4v) is 6.93. The first-order valence-electron chi connectivity index (χ1n) is 17.8. The largest absolute Gasteiger partial charge is 0.495 e. The predicted molar refractivity (Wildman–Crippen MR) is 204 cm³/mol. The number of hydrogen-bond acceptors (Lipinski definition) is 7. The predicted octanol–water partition coefficient (Wildman–Crippen LogP) is 7.75. The van der Waals surface area contributed by atoms with E-state index in [2.05, 4.69) is 16.3 Å². The topological polar surface area (TPSA) is 115 Å². The first-order valence-corrected chi connectivity index (χ1v) is 18.6. The molecule has 12 heteroatoms. The number of esters is 1. The van der Waals surface area contributed by atoms with Crippen molar-refractivity contribution in [1.29, 1.82) is 5.26 Å². The fraction of sp³-hybridized carbons (Fsp3) is 0.487. The van der Waals surface area contributed by atoms with E-state index >= 15 is 0 Å². The number of ether oxygens (including phenoxy) is 2. The number of carbonyl (C=O) groups is 3. The quantitative estimate of drug-likeness (QED) is 0.200. The van der Waals surface area contributed by atoms with Gasteiger partial charge in [-0.2, -0.15) is 5.26 Å². The van der Waals surface area contributed by atoms with E-state index in [-0.39, 0.29) is 48.0 Å². The Hall–Kier alpha value is -4.04. The van der Waals surface area contributed by atoms with Gasteiger partial charge in [0.2, 0.25) is 0 Å². The van der Waals surface area contributed by atoms with Gasteiger partial charge in [-0.05, 0) is 66.8 Å². The molecule has 3 amide bonds. The van der Waals surface area contributed by atoms with E-state index in [0.717, 1.165) is 57.5 Å². The van der Waals surface area contributed by atoms with Gasteiger partial charge < -0.3 is 29.5 Å². The molecule has 2 heterocycles. The number of halogens is 2. The summed E-state index contributed by atoms with van der Waals surface area (Å²) in [4.78, 5) is 45.4. The van der Waals surface area contributed by atoms with Gasteiger partial charge in [-0.25, -0.2) is 4.79 Å². The lowest BCUT2D eigenvalue weighted by molar-refractivity contribution is -0.141. The Labute approximate surface area is 312 Å². The van der Waals surface area contributed by atoms with Crippen LogP contribution in [0.5, 0.6) is 5.75 Å². The van der Waals surface area contributed by atoms with Crippen molar-refractivity contribution in [2.24, 2.45) is 0 Å². The van der Waals surface area contributed by atoms with Gasteiger partial charge >= 0.3 is 12.0 Å². The van der Waals surface area contributed by atoms with Gasteiger partial charge in [-0.1, -0.05) is 81.2 Å². The molecule has 1 N–H and O–H groups in total. The highest BCUT2D eigenvalue weighted by Gasteiger charge is 2.32. The third-order valence-electron chi connectivity index (χ3n) is 9.14. The highest BCUT2D eigenvalue weighted by atomic mass is 35.5. The van der Waals surface area contributed by atoms with E-state index in [1.807, 2.05) is 62.9 Å². The molecule has 2 saturated heterocycles. The molecule has 0 spiro atoms. The molecule has 0 bridgehead atoms. The molecule has 0 radical (unpaired) electrons. The third kappa shape index (κ3) is 10.5. The van der Waals surface area contributed by atoms with E-state index in [1.165, 1.54) is 19.1 Å². The van der Waals surface area contributed by atoms with Crippen molar-refractivity contribution in [3.8, 4) is 11.8 Å². The maximum atomic E-state index is 14.5. The summed E-state index contributed by atoms with van der Waals surface area (Å²) in [6.07, 6.45) is 3.40. The molecule has 0 saturated carbocycles. The number of likely N-dealkylation sites (tertiary alicyclic amines) is 1. The Morgan fingerprint density at radius 3 is 2.35 bits per heavy atom. The normalized spacial score (nSPS) is 15.3. The Kier molecular flexibility index (Phi) is 16.8. The number of fused-ring (bicyclic) bond motifs is 1. The first-order chi connectivity index (χ1) is 24.7. The molecule has 276 valence electrons. The number of amides is 3. The number of rotatable bonds is 11. The number of nitrogens with one attached hydrogen (secondary N) is 1. The van der Waals surface area contributed by atoms with Crippen LogP contribution in [0.1, 0.15) is 80.8 Å². The van der Waals surface area contributed by atoms with Crippen molar-refractivity contribution >= 4 is 51.9 Å². The van der Waals surface area contributed by atoms with Crippen LogP contribution in [-0.2, 0) is 9.53 Å². The zero-order valence-corrected chi connectivity index (χ0v) is 32.1. The summed E-state index contributed by atoms with van der Waals surface area (Å²) in [6.45, 7) is 11.8. The van der Waals surface area contributed by atoms with Crippen LogP contribution in [0.4, 0.5) is 4.79 Å². The summed E-state index contributed by atoms with van der Waals surface area (Å²) in [5, 5.41) is 15.0. The molecule has 3 aromatic carbocycles. The van der Waals surface area contributed by atoms with Gasteiger partial charge in [0, 0.05) is 44.7 Å². The number of nitriles is 1. The second-order valence-electron chi connectivity index (χ2n) is 11.9. The first kappa shape index (κ1) is 41.4. The maximum Gasteiger partial charge on any atom is 0.325 e. The monoisotopic (exact) mass is 739 g/mol. The van der Waals surface area contributed by atoms with Crippen molar-refractivity contribution in [3.63, 3.8) is 0 Å². The van der Waals surface area contributed by atoms with Gasteiger partial charge in [-0.15, -0.1) is 0 Å². The molecule has 2 aliphatic heterocycles. The zero-order chi connectivity index (χ0) is 37.5. The molecule has 3 aromatic rings. The van der Waals surface area contributed by atoms with Gasteiger partial charge in [0.25, 0.3) is 5.91 Å². The summed E-state index contributed by atoms with van der Waals surface area (Å²) < 4.78 is 10.6. The van der Waals surface area contributed by atoms with E-state index in [9.17, 15) is 19.6 Å². The minimum Gasteiger partial charge on any atom is -0.495 e. The summed E-state index contributed by atoms with van der Waals surface area (Å²) in [5.74, 6) is -1.09. The Balaban J connectivity index is 0.00000169. The van der Waals surface area contributed by atoms with Crippen LogP contribution in [0.2, 0.25) is 10.0 Å². The maximum absolute atomic E-state index is 14.5.